The predicted molar refractivity (Wildman–Crippen MR) is 77.5 cm³/mol. The zero-order chi connectivity index (χ0) is 15.5. The molecule has 0 aromatic heterocycles. The highest BCUT2D eigenvalue weighted by atomic mass is 32.2. The number of sulfonamides is 1. The first kappa shape index (κ1) is 16.4. The Morgan fingerprint density at radius 1 is 1.43 bits per heavy atom. The maximum Gasteiger partial charge on any atom is 0.243 e. The molecule has 1 aliphatic rings. The fourth-order valence-corrected chi connectivity index (χ4v) is 4.52. The number of aliphatic hydroxyl groups excluding tert-OH is 1. The molecule has 2 rings (SSSR count). The molecular formula is C14H21FN2O3S. The van der Waals surface area contributed by atoms with Crippen molar-refractivity contribution >= 4 is 10.0 Å². The summed E-state index contributed by atoms with van der Waals surface area (Å²) in [5.41, 5.74) is 5.63. The van der Waals surface area contributed by atoms with Crippen molar-refractivity contribution in [2.75, 3.05) is 13.2 Å². The minimum Gasteiger partial charge on any atom is -0.396 e. The van der Waals surface area contributed by atoms with E-state index in [1.54, 1.807) is 0 Å². The zero-order valence-corrected chi connectivity index (χ0v) is 12.7. The summed E-state index contributed by atoms with van der Waals surface area (Å²) in [4.78, 5) is 0.0836. The van der Waals surface area contributed by atoms with Crippen molar-refractivity contribution in [1.82, 2.24) is 4.31 Å². The third-order valence-electron chi connectivity index (χ3n) is 3.86. The number of nitrogens with zero attached hydrogens (tertiary/aromatic N) is 1. The molecule has 1 atom stereocenters. The van der Waals surface area contributed by atoms with Crippen LogP contribution in [-0.2, 0) is 16.6 Å². The molecule has 1 saturated heterocycles. The van der Waals surface area contributed by atoms with E-state index in [0.29, 0.717) is 19.4 Å². The molecule has 1 aromatic carbocycles. The van der Waals surface area contributed by atoms with Gasteiger partial charge in [-0.15, -0.1) is 0 Å². The lowest BCUT2D eigenvalue weighted by molar-refractivity contribution is 0.264. The van der Waals surface area contributed by atoms with Crippen molar-refractivity contribution in [1.29, 1.82) is 0 Å². The number of hydrogen-bond donors (Lipinski definition) is 2. The molecule has 0 aliphatic carbocycles. The second kappa shape index (κ2) is 6.83. The Balaban J connectivity index is 2.28. The number of rotatable bonds is 6. The largest absolute Gasteiger partial charge is 0.396 e. The van der Waals surface area contributed by atoms with Crippen molar-refractivity contribution in [3.8, 4) is 0 Å². The summed E-state index contributed by atoms with van der Waals surface area (Å²) >= 11 is 0. The van der Waals surface area contributed by atoms with Crippen molar-refractivity contribution < 1.29 is 17.9 Å². The fourth-order valence-electron chi connectivity index (χ4n) is 2.74. The van der Waals surface area contributed by atoms with Crippen LogP contribution in [0, 0.1) is 5.82 Å². The molecule has 3 N–H and O–H groups in total. The van der Waals surface area contributed by atoms with E-state index in [-0.39, 0.29) is 29.7 Å². The number of nitrogens with two attached hydrogens (primary N) is 1. The summed E-state index contributed by atoms with van der Waals surface area (Å²) in [5.74, 6) is -0.491. The van der Waals surface area contributed by atoms with Crippen LogP contribution in [0.15, 0.2) is 23.1 Å². The van der Waals surface area contributed by atoms with Gasteiger partial charge in [0.1, 0.15) is 5.82 Å². The van der Waals surface area contributed by atoms with Gasteiger partial charge in [0.2, 0.25) is 10.0 Å². The van der Waals surface area contributed by atoms with Gasteiger partial charge in [-0.05, 0) is 43.9 Å². The summed E-state index contributed by atoms with van der Waals surface area (Å²) in [7, 11) is -3.64. The average molecular weight is 316 g/mol. The quantitative estimate of drug-likeness (QED) is 0.826. The van der Waals surface area contributed by atoms with Gasteiger partial charge < -0.3 is 10.8 Å². The van der Waals surface area contributed by atoms with E-state index in [1.165, 1.54) is 16.4 Å². The van der Waals surface area contributed by atoms with Crippen LogP contribution >= 0.6 is 0 Å². The molecular weight excluding hydrogens is 295 g/mol. The normalized spacial score (nSPS) is 20.0. The maximum absolute atomic E-state index is 13.5. The smallest absolute Gasteiger partial charge is 0.243 e. The number of hydrogen-bond acceptors (Lipinski definition) is 4. The molecule has 1 heterocycles. The van der Waals surface area contributed by atoms with E-state index in [1.807, 2.05) is 0 Å². The van der Waals surface area contributed by atoms with Gasteiger partial charge in [-0.1, -0.05) is 0 Å². The first-order valence-corrected chi connectivity index (χ1v) is 8.56. The van der Waals surface area contributed by atoms with Gasteiger partial charge in [0.05, 0.1) is 4.90 Å². The number of aliphatic hydroxyl groups is 1. The molecule has 0 bridgehead atoms. The molecule has 1 aromatic rings. The Labute approximate surface area is 124 Å². The molecule has 0 spiro atoms. The summed E-state index contributed by atoms with van der Waals surface area (Å²) in [6.45, 7) is 0.481. The lowest BCUT2D eigenvalue weighted by Gasteiger charge is -2.24. The first-order valence-electron chi connectivity index (χ1n) is 7.12. The summed E-state index contributed by atoms with van der Waals surface area (Å²) in [5, 5.41) is 8.91. The molecule has 1 fully saturated rings. The van der Waals surface area contributed by atoms with E-state index in [4.69, 9.17) is 10.8 Å². The van der Waals surface area contributed by atoms with Crippen LogP contribution in [0.25, 0.3) is 0 Å². The predicted octanol–water partition coefficient (Wildman–Crippen LogP) is 1.21. The summed E-state index contributed by atoms with van der Waals surface area (Å²) in [6.07, 6.45) is 2.82. The molecule has 0 amide bonds. The van der Waals surface area contributed by atoms with E-state index in [0.717, 1.165) is 18.9 Å². The van der Waals surface area contributed by atoms with Gasteiger partial charge in [0.15, 0.2) is 0 Å². The van der Waals surface area contributed by atoms with Gasteiger partial charge in [-0.25, -0.2) is 12.8 Å². The SMILES string of the molecule is NCc1cc(S(=O)(=O)N2CCCC2CCCO)ccc1F. The second-order valence-corrected chi connectivity index (χ2v) is 7.13. The van der Waals surface area contributed by atoms with Crippen molar-refractivity contribution in [3.63, 3.8) is 0 Å². The van der Waals surface area contributed by atoms with Crippen LogP contribution in [0.1, 0.15) is 31.2 Å². The van der Waals surface area contributed by atoms with Gasteiger partial charge in [-0.2, -0.15) is 4.31 Å². The number of halogens is 1. The Morgan fingerprint density at radius 3 is 2.86 bits per heavy atom. The molecule has 118 valence electrons. The van der Waals surface area contributed by atoms with Crippen LogP contribution in [-0.4, -0.2) is 37.0 Å². The highest BCUT2D eigenvalue weighted by Gasteiger charge is 2.35. The topological polar surface area (TPSA) is 83.6 Å². The molecule has 21 heavy (non-hydrogen) atoms. The number of benzene rings is 1. The Hall–Kier alpha value is -1.02. The average Bonchev–Trinajstić information content (AvgIpc) is 2.94. The summed E-state index contributed by atoms with van der Waals surface area (Å²) < 4.78 is 40.3. The van der Waals surface area contributed by atoms with E-state index in [9.17, 15) is 12.8 Å². The standard InChI is InChI=1S/C14H21FN2O3S/c15-14-6-5-13(9-11(14)10-16)21(19,20)17-7-1-3-12(17)4-2-8-18/h5-6,9,12,18H,1-4,7-8,10,16H2. The third-order valence-corrected chi connectivity index (χ3v) is 5.81. The van der Waals surface area contributed by atoms with Gasteiger partial charge in [-0.3, -0.25) is 0 Å². The molecule has 5 nitrogen and oxygen atoms in total. The van der Waals surface area contributed by atoms with E-state index in [2.05, 4.69) is 0 Å². The molecule has 1 aliphatic heterocycles. The third kappa shape index (κ3) is 3.42. The van der Waals surface area contributed by atoms with E-state index >= 15 is 0 Å². The van der Waals surface area contributed by atoms with E-state index < -0.39 is 15.8 Å². The van der Waals surface area contributed by atoms with Gasteiger partial charge in [0.25, 0.3) is 0 Å². The lowest BCUT2D eigenvalue weighted by atomic mass is 10.1. The van der Waals surface area contributed by atoms with Crippen LogP contribution < -0.4 is 5.73 Å². The minimum atomic E-state index is -3.64. The minimum absolute atomic E-state index is 0.0386. The molecule has 0 radical (unpaired) electrons. The van der Waals surface area contributed by atoms with Gasteiger partial charge >= 0.3 is 0 Å². The van der Waals surface area contributed by atoms with Crippen molar-refractivity contribution in [3.05, 3.63) is 29.6 Å². The Kier molecular flexibility index (Phi) is 5.32. The van der Waals surface area contributed by atoms with Crippen LogP contribution in [0.3, 0.4) is 0 Å². The lowest BCUT2D eigenvalue weighted by Crippen LogP contribution is -2.35. The highest BCUT2D eigenvalue weighted by Crippen LogP contribution is 2.29. The fraction of sp³-hybridized carbons (Fsp3) is 0.571. The monoisotopic (exact) mass is 316 g/mol. The maximum atomic E-state index is 13.5. The Bertz CT molecular complexity index is 592. The molecule has 1 unspecified atom stereocenters. The molecule has 7 heteroatoms. The Morgan fingerprint density at radius 2 is 2.19 bits per heavy atom. The zero-order valence-electron chi connectivity index (χ0n) is 11.8. The highest BCUT2D eigenvalue weighted by molar-refractivity contribution is 7.89. The molecule has 0 saturated carbocycles. The first-order chi connectivity index (χ1) is 10.0. The van der Waals surface area contributed by atoms with Gasteiger partial charge in [0, 0.05) is 31.3 Å². The second-order valence-electron chi connectivity index (χ2n) is 5.23. The van der Waals surface area contributed by atoms with Crippen LogP contribution in [0.4, 0.5) is 4.39 Å². The van der Waals surface area contributed by atoms with Crippen molar-refractivity contribution in [2.45, 2.75) is 43.2 Å². The van der Waals surface area contributed by atoms with Crippen LogP contribution in [0.5, 0.6) is 0 Å². The van der Waals surface area contributed by atoms with Crippen LogP contribution in [0.2, 0.25) is 0 Å². The summed E-state index contributed by atoms with van der Waals surface area (Å²) in [6, 6.07) is 3.65. The van der Waals surface area contributed by atoms with Crippen molar-refractivity contribution in [2.24, 2.45) is 5.73 Å².